The molecule has 1 aromatic carbocycles. The van der Waals surface area contributed by atoms with Crippen LogP contribution in [-0.4, -0.2) is 30.5 Å². The maximum absolute atomic E-state index is 13.9. The maximum atomic E-state index is 13.9. The average molecular weight is 295 g/mol. The predicted octanol–water partition coefficient (Wildman–Crippen LogP) is 2.31. The molecule has 0 bridgehead atoms. The quantitative estimate of drug-likeness (QED) is 0.789. The summed E-state index contributed by atoms with van der Waals surface area (Å²) < 4.78 is 29.4. The minimum absolute atomic E-state index is 0.0332. The van der Waals surface area contributed by atoms with Gasteiger partial charge in [0.05, 0.1) is 19.8 Å². The lowest BCUT2D eigenvalue weighted by molar-refractivity contribution is 0.119. The number of rotatable bonds is 7. The molecule has 2 aromatic rings. The Morgan fingerprint density at radius 1 is 1.43 bits per heavy atom. The first kappa shape index (κ1) is 15.4. The highest BCUT2D eigenvalue weighted by Gasteiger charge is 2.21. The minimum atomic E-state index is -0.521. The van der Waals surface area contributed by atoms with Crippen molar-refractivity contribution in [3.63, 3.8) is 0 Å². The monoisotopic (exact) mass is 295 g/mol. The number of hydrogen-bond donors (Lipinski definition) is 1. The summed E-state index contributed by atoms with van der Waals surface area (Å²) in [5.74, 6) is 0.124. The summed E-state index contributed by atoms with van der Waals surface area (Å²) in [7, 11) is 1.44. The summed E-state index contributed by atoms with van der Waals surface area (Å²) in [6.07, 6.45) is 0.899. The van der Waals surface area contributed by atoms with E-state index in [2.05, 4.69) is 10.1 Å². The Morgan fingerprint density at radius 3 is 2.95 bits per heavy atom. The van der Waals surface area contributed by atoms with E-state index >= 15 is 0 Å². The fraction of sp³-hybridized carbons (Fsp3) is 0.429. The zero-order valence-corrected chi connectivity index (χ0v) is 12.0. The van der Waals surface area contributed by atoms with Gasteiger partial charge in [0.1, 0.15) is 17.1 Å². The first-order chi connectivity index (χ1) is 10.2. The molecule has 0 aliphatic carbocycles. The van der Waals surface area contributed by atoms with E-state index in [4.69, 9.17) is 19.7 Å². The molecular formula is C14H18FN3O3. The third kappa shape index (κ3) is 3.56. The Morgan fingerprint density at radius 2 is 2.24 bits per heavy atom. The molecule has 0 radical (unpaired) electrons. The van der Waals surface area contributed by atoms with Crippen molar-refractivity contribution in [2.75, 3.05) is 20.3 Å². The molecule has 1 unspecified atom stereocenters. The summed E-state index contributed by atoms with van der Waals surface area (Å²) in [4.78, 5) is 4.13. The molecule has 0 fully saturated rings. The zero-order chi connectivity index (χ0) is 15.2. The molecule has 0 spiro atoms. The molecule has 0 aliphatic rings. The van der Waals surface area contributed by atoms with E-state index in [0.717, 1.165) is 6.42 Å². The van der Waals surface area contributed by atoms with Crippen molar-refractivity contribution in [2.45, 2.75) is 19.4 Å². The van der Waals surface area contributed by atoms with Gasteiger partial charge in [0.2, 0.25) is 0 Å². The van der Waals surface area contributed by atoms with E-state index < -0.39 is 11.9 Å². The van der Waals surface area contributed by atoms with Crippen LogP contribution in [-0.2, 0) is 4.74 Å². The van der Waals surface area contributed by atoms with Crippen molar-refractivity contribution in [1.82, 2.24) is 10.1 Å². The summed E-state index contributed by atoms with van der Waals surface area (Å²) in [6.45, 7) is 2.89. The van der Waals surface area contributed by atoms with Gasteiger partial charge in [0, 0.05) is 6.61 Å². The molecular weight excluding hydrogens is 277 g/mol. The van der Waals surface area contributed by atoms with Gasteiger partial charge in [-0.05, 0) is 18.6 Å². The van der Waals surface area contributed by atoms with Crippen LogP contribution < -0.4 is 10.5 Å². The molecule has 0 amide bonds. The fourth-order valence-corrected chi connectivity index (χ4v) is 1.80. The van der Waals surface area contributed by atoms with Crippen LogP contribution in [0.5, 0.6) is 5.75 Å². The third-order valence-electron chi connectivity index (χ3n) is 2.83. The second-order valence-corrected chi connectivity index (χ2v) is 4.46. The van der Waals surface area contributed by atoms with Crippen molar-refractivity contribution >= 4 is 0 Å². The molecule has 1 atom stereocenters. The summed E-state index contributed by atoms with van der Waals surface area (Å²) in [5, 5.41) is 3.77. The molecule has 21 heavy (non-hydrogen) atoms. The standard InChI is InChI=1S/C14H18FN3O3/c1-3-7-20-8-10(16)13-17-14(21-18-13)12-9(15)5-4-6-11(12)19-2/h4-6,10H,3,7-8,16H2,1-2H3. The van der Waals surface area contributed by atoms with Crippen LogP contribution in [0.25, 0.3) is 11.5 Å². The lowest BCUT2D eigenvalue weighted by Crippen LogP contribution is -2.18. The van der Waals surface area contributed by atoms with Gasteiger partial charge in [-0.3, -0.25) is 0 Å². The van der Waals surface area contributed by atoms with Crippen LogP contribution in [0.1, 0.15) is 25.2 Å². The Balaban J connectivity index is 2.20. The third-order valence-corrected chi connectivity index (χ3v) is 2.83. The maximum Gasteiger partial charge on any atom is 0.264 e. The van der Waals surface area contributed by atoms with Crippen LogP contribution in [0.15, 0.2) is 22.7 Å². The normalized spacial score (nSPS) is 12.4. The number of aromatic nitrogens is 2. The number of halogens is 1. The lowest BCUT2D eigenvalue weighted by atomic mass is 10.2. The van der Waals surface area contributed by atoms with Gasteiger partial charge in [0.25, 0.3) is 5.89 Å². The largest absolute Gasteiger partial charge is 0.496 e. The van der Waals surface area contributed by atoms with Crippen molar-refractivity contribution < 1.29 is 18.4 Å². The summed E-state index contributed by atoms with van der Waals surface area (Å²) >= 11 is 0. The van der Waals surface area contributed by atoms with E-state index in [1.54, 1.807) is 12.1 Å². The zero-order valence-electron chi connectivity index (χ0n) is 12.0. The molecule has 1 heterocycles. The van der Waals surface area contributed by atoms with Gasteiger partial charge in [-0.15, -0.1) is 0 Å². The van der Waals surface area contributed by atoms with Crippen LogP contribution in [0.3, 0.4) is 0 Å². The smallest absolute Gasteiger partial charge is 0.264 e. The van der Waals surface area contributed by atoms with Gasteiger partial charge < -0.3 is 19.7 Å². The number of nitrogens with two attached hydrogens (primary N) is 1. The molecule has 114 valence electrons. The number of hydrogen-bond acceptors (Lipinski definition) is 6. The Hall–Kier alpha value is -1.99. The van der Waals surface area contributed by atoms with E-state index in [1.165, 1.54) is 13.2 Å². The van der Waals surface area contributed by atoms with Gasteiger partial charge >= 0.3 is 0 Å². The van der Waals surface area contributed by atoms with Crippen molar-refractivity contribution in [2.24, 2.45) is 5.73 Å². The topological polar surface area (TPSA) is 83.4 Å². The highest BCUT2D eigenvalue weighted by Crippen LogP contribution is 2.31. The minimum Gasteiger partial charge on any atom is -0.496 e. The van der Waals surface area contributed by atoms with Crippen LogP contribution in [0.4, 0.5) is 4.39 Å². The molecule has 0 aliphatic heterocycles. The first-order valence-corrected chi connectivity index (χ1v) is 6.67. The molecule has 0 saturated heterocycles. The van der Waals surface area contributed by atoms with Gasteiger partial charge in [-0.1, -0.05) is 18.1 Å². The SMILES string of the molecule is CCCOCC(N)c1noc(-c2c(F)cccc2OC)n1. The van der Waals surface area contributed by atoms with Gasteiger partial charge in [-0.2, -0.15) is 4.98 Å². The van der Waals surface area contributed by atoms with Crippen LogP contribution >= 0.6 is 0 Å². The Bertz CT molecular complexity index is 589. The molecule has 1 aromatic heterocycles. The fourth-order valence-electron chi connectivity index (χ4n) is 1.80. The molecule has 0 saturated carbocycles. The van der Waals surface area contributed by atoms with Crippen LogP contribution in [0.2, 0.25) is 0 Å². The Kier molecular flexibility index (Phi) is 5.24. The number of ether oxygens (including phenoxy) is 2. The van der Waals surface area contributed by atoms with E-state index in [-0.39, 0.29) is 23.9 Å². The van der Waals surface area contributed by atoms with Gasteiger partial charge in [0.15, 0.2) is 5.82 Å². The van der Waals surface area contributed by atoms with E-state index in [9.17, 15) is 4.39 Å². The van der Waals surface area contributed by atoms with Crippen molar-refractivity contribution in [1.29, 1.82) is 0 Å². The lowest BCUT2D eigenvalue weighted by Gasteiger charge is -2.07. The molecule has 2 rings (SSSR count). The predicted molar refractivity (Wildman–Crippen MR) is 74.3 cm³/mol. The van der Waals surface area contributed by atoms with E-state index in [0.29, 0.717) is 12.4 Å². The second kappa shape index (κ2) is 7.14. The van der Waals surface area contributed by atoms with Crippen LogP contribution in [0, 0.1) is 5.82 Å². The van der Waals surface area contributed by atoms with E-state index in [1.807, 2.05) is 6.92 Å². The highest BCUT2D eigenvalue weighted by molar-refractivity contribution is 5.63. The van der Waals surface area contributed by atoms with Crippen molar-refractivity contribution in [3.8, 4) is 17.2 Å². The average Bonchev–Trinajstić information content (AvgIpc) is 2.96. The molecule has 6 nitrogen and oxygen atoms in total. The highest BCUT2D eigenvalue weighted by atomic mass is 19.1. The molecule has 7 heteroatoms. The number of nitrogens with zero attached hydrogens (tertiary/aromatic N) is 2. The number of benzene rings is 1. The van der Waals surface area contributed by atoms with Crippen molar-refractivity contribution in [3.05, 3.63) is 29.8 Å². The first-order valence-electron chi connectivity index (χ1n) is 6.67. The van der Waals surface area contributed by atoms with Gasteiger partial charge in [-0.25, -0.2) is 4.39 Å². The second-order valence-electron chi connectivity index (χ2n) is 4.46. The number of methoxy groups -OCH3 is 1. The summed E-state index contributed by atoms with van der Waals surface area (Å²) in [6, 6.07) is 3.93. The summed E-state index contributed by atoms with van der Waals surface area (Å²) in [5.41, 5.74) is 6.03. The molecule has 2 N–H and O–H groups in total. The Labute approximate surface area is 122 Å².